The molecule has 1 saturated heterocycles. The van der Waals surface area contributed by atoms with Crippen LogP contribution in [0.3, 0.4) is 0 Å². The first-order valence-electron chi connectivity index (χ1n) is 12.4. The summed E-state index contributed by atoms with van der Waals surface area (Å²) in [5.41, 5.74) is 3.99. The highest BCUT2D eigenvalue weighted by Gasteiger charge is 2.27. The number of carbonyl (C=O) groups is 1. The molecule has 1 amide bonds. The molecule has 180 valence electrons. The lowest BCUT2D eigenvalue weighted by Gasteiger charge is -2.33. The summed E-state index contributed by atoms with van der Waals surface area (Å²) in [6.07, 6.45) is 11.0. The number of aromatic nitrogens is 1. The number of hydrogen-bond donors (Lipinski definition) is 0. The molecule has 4 rings (SSSR count). The number of benzene rings is 1. The van der Waals surface area contributed by atoms with E-state index >= 15 is 0 Å². The number of allylic oxidation sites excluding steroid dienone is 1. The van der Waals surface area contributed by atoms with Gasteiger partial charge in [-0.15, -0.1) is 0 Å². The fourth-order valence-corrected chi connectivity index (χ4v) is 4.54. The average Bonchev–Trinajstić information content (AvgIpc) is 3.48. The van der Waals surface area contributed by atoms with E-state index in [1.807, 2.05) is 25.7 Å². The summed E-state index contributed by atoms with van der Waals surface area (Å²) in [6, 6.07) is 4.40. The van der Waals surface area contributed by atoms with Crippen molar-refractivity contribution < 1.29 is 14.1 Å². The van der Waals surface area contributed by atoms with Crippen LogP contribution < -0.4 is 0 Å². The van der Waals surface area contributed by atoms with Gasteiger partial charge in [-0.1, -0.05) is 23.4 Å². The van der Waals surface area contributed by atoms with Gasteiger partial charge in [-0.2, -0.15) is 0 Å². The van der Waals surface area contributed by atoms with E-state index in [1.54, 1.807) is 0 Å². The third-order valence-corrected chi connectivity index (χ3v) is 6.55. The van der Waals surface area contributed by atoms with E-state index in [9.17, 15) is 4.79 Å². The second-order valence-corrected chi connectivity index (χ2v) is 11.0. The minimum atomic E-state index is -0.444. The van der Waals surface area contributed by atoms with E-state index in [2.05, 4.69) is 48.4 Å². The standard InChI is InChI=1S/C27H39N3O3/c1-27(2,3)32-26(31)30-16-14-20(15-17-30)9-13-24-22-12-11-21(10-8-19-6-7-19)23(18-29(4)5)25(22)33-28-24/h8,10-12,19-20H,6-7,9,13-18H2,1-5H3/b10-8+. The largest absolute Gasteiger partial charge is 0.444 e. The minimum Gasteiger partial charge on any atom is -0.444 e. The molecule has 1 aromatic carbocycles. The third kappa shape index (κ3) is 6.38. The van der Waals surface area contributed by atoms with Gasteiger partial charge in [0.05, 0.1) is 5.69 Å². The number of amides is 1. The van der Waals surface area contributed by atoms with Crippen LogP contribution in [-0.2, 0) is 17.7 Å². The molecule has 33 heavy (non-hydrogen) atoms. The molecule has 0 bridgehead atoms. The molecule has 2 aliphatic rings. The molecule has 2 aromatic rings. The molecule has 1 saturated carbocycles. The molecule has 6 heteroatoms. The average molecular weight is 454 g/mol. The van der Waals surface area contributed by atoms with E-state index in [0.29, 0.717) is 5.92 Å². The van der Waals surface area contributed by atoms with Crippen LogP contribution in [-0.4, -0.2) is 53.8 Å². The van der Waals surface area contributed by atoms with Crippen LogP contribution in [0.25, 0.3) is 17.0 Å². The summed E-state index contributed by atoms with van der Waals surface area (Å²) in [5, 5.41) is 5.62. The molecule has 2 heterocycles. The van der Waals surface area contributed by atoms with Crippen molar-refractivity contribution in [2.75, 3.05) is 27.2 Å². The molecule has 0 unspecified atom stereocenters. The molecule has 2 fully saturated rings. The van der Waals surface area contributed by atoms with Gasteiger partial charge in [-0.25, -0.2) is 4.79 Å². The van der Waals surface area contributed by atoms with Crippen LogP contribution in [0.5, 0.6) is 0 Å². The fraction of sp³-hybridized carbons (Fsp3) is 0.630. The Morgan fingerprint density at radius 2 is 1.94 bits per heavy atom. The molecule has 0 atom stereocenters. The first kappa shape index (κ1) is 23.8. The molecule has 0 spiro atoms. The Kier molecular flexibility index (Phi) is 7.13. The molecule has 0 radical (unpaired) electrons. The van der Waals surface area contributed by atoms with E-state index in [0.717, 1.165) is 67.9 Å². The maximum absolute atomic E-state index is 12.3. The Bertz CT molecular complexity index is 990. The van der Waals surface area contributed by atoms with Gasteiger partial charge >= 0.3 is 6.09 Å². The Balaban J connectivity index is 1.39. The molecular weight excluding hydrogens is 414 g/mol. The lowest BCUT2D eigenvalue weighted by Crippen LogP contribution is -2.41. The lowest BCUT2D eigenvalue weighted by molar-refractivity contribution is 0.0181. The van der Waals surface area contributed by atoms with Gasteiger partial charge in [0.15, 0.2) is 5.58 Å². The van der Waals surface area contributed by atoms with Gasteiger partial charge in [0.1, 0.15) is 5.60 Å². The summed E-state index contributed by atoms with van der Waals surface area (Å²) < 4.78 is 11.4. The number of likely N-dealkylation sites (tertiary alicyclic amines) is 1. The lowest BCUT2D eigenvalue weighted by atomic mass is 9.91. The first-order valence-corrected chi connectivity index (χ1v) is 12.4. The number of aryl methyl sites for hydroxylation is 1. The quantitative estimate of drug-likeness (QED) is 0.523. The highest BCUT2D eigenvalue weighted by atomic mass is 16.6. The summed E-state index contributed by atoms with van der Waals surface area (Å²) in [4.78, 5) is 16.3. The van der Waals surface area contributed by atoms with Crippen molar-refractivity contribution in [1.82, 2.24) is 15.0 Å². The Labute approximate surface area is 197 Å². The van der Waals surface area contributed by atoms with E-state index < -0.39 is 5.60 Å². The van der Waals surface area contributed by atoms with Crippen molar-refractivity contribution in [2.24, 2.45) is 11.8 Å². The van der Waals surface area contributed by atoms with Crippen LogP contribution in [0.15, 0.2) is 22.7 Å². The first-order chi connectivity index (χ1) is 15.7. The molecule has 0 N–H and O–H groups in total. The summed E-state index contributed by atoms with van der Waals surface area (Å²) in [7, 11) is 4.18. The van der Waals surface area contributed by atoms with Crippen LogP contribution >= 0.6 is 0 Å². The van der Waals surface area contributed by atoms with E-state index in [4.69, 9.17) is 9.26 Å². The van der Waals surface area contributed by atoms with Crippen molar-refractivity contribution in [3.8, 4) is 0 Å². The predicted molar refractivity (Wildman–Crippen MR) is 132 cm³/mol. The van der Waals surface area contributed by atoms with Crippen LogP contribution in [0.4, 0.5) is 4.79 Å². The SMILES string of the molecule is CN(C)Cc1c(/C=C/C2CC2)ccc2c(CCC3CCN(C(=O)OC(C)(C)C)CC3)noc12. The molecule has 1 aromatic heterocycles. The zero-order valence-electron chi connectivity index (χ0n) is 20.9. The van der Waals surface area contributed by atoms with Crippen LogP contribution in [0.1, 0.15) is 69.7 Å². The van der Waals surface area contributed by atoms with Gasteiger partial charge in [0.25, 0.3) is 0 Å². The summed E-state index contributed by atoms with van der Waals surface area (Å²) in [6.45, 7) is 8.10. The topological polar surface area (TPSA) is 58.8 Å². The molecule has 6 nitrogen and oxygen atoms in total. The van der Waals surface area contributed by atoms with E-state index in [1.165, 1.54) is 24.0 Å². The van der Waals surface area contributed by atoms with Crippen molar-refractivity contribution >= 4 is 23.1 Å². The summed E-state index contributed by atoms with van der Waals surface area (Å²) in [5.74, 6) is 1.34. The second-order valence-electron chi connectivity index (χ2n) is 11.0. The van der Waals surface area contributed by atoms with Crippen molar-refractivity contribution in [3.05, 3.63) is 35.0 Å². The number of hydrogen-bond acceptors (Lipinski definition) is 5. The van der Waals surface area contributed by atoms with Crippen LogP contribution in [0, 0.1) is 11.8 Å². The van der Waals surface area contributed by atoms with Gasteiger partial charge < -0.3 is 19.1 Å². The van der Waals surface area contributed by atoms with Gasteiger partial charge in [0.2, 0.25) is 0 Å². The van der Waals surface area contributed by atoms with Gasteiger partial charge in [0, 0.05) is 30.6 Å². The van der Waals surface area contributed by atoms with Crippen molar-refractivity contribution in [3.63, 3.8) is 0 Å². The number of fused-ring (bicyclic) bond motifs is 1. The number of piperidine rings is 1. The smallest absolute Gasteiger partial charge is 0.410 e. The Hall–Kier alpha value is -2.34. The zero-order valence-corrected chi connectivity index (χ0v) is 20.9. The number of ether oxygens (including phenoxy) is 1. The fourth-order valence-electron chi connectivity index (χ4n) is 4.54. The third-order valence-electron chi connectivity index (χ3n) is 6.55. The Morgan fingerprint density at radius 1 is 1.21 bits per heavy atom. The van der Waals surface area contributed by atoms with Crippen LogP contribution in [0.2, 0.25) is 0 Å². The highest BCUT2D eigenvalue weighted by molar-refractivity contribution is 5.86. The van der Waals surface area contributed by atoms with E-state index in [-0.39, 0.29) is 6.09 Å². The maximum Gasteiger partial charge on any atom is 0.410 e. The number of carbonyl (C=O) groups excluding carboxylic acids is 1. The van der Waals surface area contributed by atoms with Crippen molar-refractivity contribution in [1.29, 1.82) is 0 Å². The highest BCUT2D eigenvalue weighted by Crippen LogP contribution is 2.33. The maximum atomic E-state index is 12.3. The normalized spacial score (nSPS) is 18.1. The molecular formula is C27H39N3O3. The van der Waals surface area contributed by atoms with Crippen molar-refractivity contribution in [2.45, 2.75) is 71.4 Å². The summed E-state index contributed by atoms with van der Waals surface area (Å²) >= 11 is 0. The monoisotopic (exact) mass is 453 g/mol. The molecule has 1 aliphatic carbocycles. The number of nitrogens with zero attached hydrogens (tertiary/aromatic N) is 3. The molecule has 1 aliphatic heterocycles. The second kappa shape index (κ2) is 9.88. The van der Waals surface area contributed by atoms with Gasteiger partial charge in [-0.3, -0.25) is 0 Å². The van der Waals surface area contributed by atoms with Gasteiger partial charge in [-0.05, 0) is 96.9 Å². The number of rotatable bonds is 7. The minimum absolute atomic E-state index is 0.191. The predicted octanol–water partition coefficient (Wildman–Crippen LogP) is 5.89. The zero-order chi connectivity index (χ0) is 23.6. The Morgan fingerprint density at radius 3 is 2.58 bits per heavy atom.